The number of aromatic nitrogens is 4. The number of anilines is 2. The number of amides is 2. The second-order valence-electron chi connectivity index (χ2n) is 15.1. The van der Waals surface area contributed by atoms with E-state index in [2.05, 4.69) is 83.7 Å². The van der Waals surface area contributed by atoms with Crippen molar-refractivity contribution < 1.29 is 14.7 Å². The first kappa shape index (κ1) is 39.3. The normalized spacial score (nSPS) is 16.8. The summed E-state index contributed by atoms with van der Waals surface area (Å²) in [5, 5.41) is 17.4. The Bertz CT molecular complexity index is 2310. The van der Waals surface area contributed by atoms with E-state index >= 15 is 0 Å². The van der Waals surface area contributed by atoms with Crippen LogP contribution in [-0.2, 0) is 13.1 Å². The number of fused-ring (bicyclic) bond motifs is 2. The summed E-state index contributed by atoms with van der Waals surface area (Å²) in [4.78, 5) is 47.4. The number of piperidine rings is 2. The van der Waals surface area contributed by atoms with Crippen molar-refractivity contribution in [1.29, 1.82) is 0 Å². The summed E-state index contributed by atoms with van der Waals surface area (Å²) in [7, 11) is 0. The SMILES string of the molecule is Cc1nc2ncccc2cc1C(=O)NCc1ccc(N2CCCCC2C)cc1.Cc1nc2ncccc2cc1C(=O)NCc1ccc(N2CCCCC2CO)cc1. The van der Waals surface area contributed by atoms with Crippen LogP contribution >= 0.6 is 0 Å². The van der Waals surface area contributed by atoms with E-state index in [9.17, 15) is 14.7 Å². The topological polar surface area (TPSA) is 136 Å². The van der Waals surface area contributed by atoms with E-state index in [-0.39, 0.29) is 24.5 Å². The Morgan fingerprint density at radius 3 is 1.63 bits per heavy atom. The summed E-state index contributed by atoms with van der Waals surface area (Å²) in [5.41, 5.74) is 8.37. The molecule has 0 radical (unpaired) electrons. The first-order valence-corrected chi connectivity index (χ1v) is 20.1. The number of aryl methyl sites for hydroxylation is 2. The number of nitrogens with zero attached hydrogens (tertiary/aromatic N) is 6. The molecular weight excluding hydrogens is 713 g/mol. The first-order chi connectivity index (χ1) is 27.8. The first-order valence-electron chi connectivity index (χ1n) is 20.1. The molecular formula is C46H52N8O3. The Hall–Kier alpha value is -5.94. The van der Waals surface area contributed by atoms with Crippen molar-refractivity contribution in [3.63, 3.8) is 0 Å². The van der Waals surface area contributed by atoms with Crippen molar-refractivity contribution in [3.05, 3.63) is 131 Å². The lowest BCUT2D eigenvalue weighted by molar-refractivity contribution is 0.0942. The van der Waals surface area contributed by atoms with Gasteiger partial charge in [-0.3, -0.25) is 9.59 Å². The Morgan fingerprint density at radius 2 is 1.14 bits per heavy atom. The summed E-state index contributed by atoms with van der Waals surface area (Å²) in [5.74, 6) is -0.245. The van der Waals surface area contributed by atoms with Gasteiger partial charge in [0, 0.05) is 66.8 Å². The molecule has 8 rings (SSSR count). The van der Waals surface area contributed by atoms with Crippen molar-refractivity contribution >= 4 is 45.3 Å². The molecule has 0 aliphatic carbocycles. The van der Waals surface area contributed by atoms with Gasteiger partial charge in [-0.25, -0.2) is 19.9 Å². The average Bonchev–Trinajstić information content (AvgIpc) is 3.25. The van der Waals surface area contributed by atoms with Crippen molar-refractivity contribution in [1.82, 2.24) is 30.6 Å². The molecule has 0 bridgehead atoms. The zero-order valence-corrected chi connectivity index (χ0v) is 33.1. The number of aliphatic hydroxyl groups is 1. The van der Waals surface area contributed by atoms with Crippen molar-refractivity contribution in [2.75, 3.05) is 29.5 Å². The standard InChI is InChI=1S/C23H26N4O2.C23H26N4O/c1-16-21(13-18-5-4-11-24-22(18)26-16)23(29)25-14-17-7-9-19(10-8-17)27-12-3-2-6-20(27)15-28;1-16-6-3-4-13-27(16)20-10-8-18(9-11-20)15-25-23(28)21-14-19-7-5-12-24-22(19)26-17(21)2/h4-5,7-11,13,20,28H,2-3,6,12,14-15H2,1H3,(H,25,29);5,7-12,14,16H,3-4,6,13,15H2,1-2H3,(H,25,28). The molecule has 3 N–H and O–H groups in total. The second-order valence-corrected chi connectivity index (χ2v) is 15.1. The maximum Gasteiger partial charge on any atom is 0.253 e. The number of hydrogen-bond donors (Lipinski definition) is 3. The number of benzene rings is 2. The van der Waals surface area contributed by atoms with Gasteiger partial charge in [0.05, 0.1) is 35.2 Å². The highest BCUT2D eigenvalue weighted by Crippen LogP contribution is 2.26. The molecule has 0 spiro atoms. The lowest BCUT2D eigenvalue weighted by Crippen LogP contribution is -2.41. The molecule has 2 fully saturated rings. The van der Waals surface area contributed by atoms with Crippen LogP contribution in [0.3, 0.4) is 0 Å². The Labute approximate surface area is 334 Å². The molecule has 4 aromatic heterocycles. The van der Waals surface area contributed by atoms with Gasteiger partial charge >= 0.3 is 0 Å². The maximum absolute atomic E-state index is 12.7. The van der Waals surface area contributed by atoms with Gasteiger partial charge in [0.1, 0.15) is 0 Å². The second kappa shape index (κ2) is 18.3. The molecule has 2 aromatic carbocycles. The van der Waals surface area contributed by atoms with E-state index in [4.69, 9.17) is 0 Å². The minimum atomic E-state index is -0.138. The summed E-state index contributed by atoms with van der Waals surface area (Å²) in [6.07, 6.45) is 10.6. The van der Waals surface area contributed by atoms with Gasteiger partial charge in [0.25, 0.3) is 11.8 Å². The van der Waals surface area contributed by atoms with Crippen LogP contribution in [0.2, 0.25) is 0 Å². The van der Waals surface area contributed by atoms with Crippen LogP contribution in [0.5, 0.6) is 0 Å². The Balaban J connectivity index is 0.000000174. The lowest BCUT2D eigenvalue weighted by atomic mass is 10.0. The van der Waals surface area contributed by atoms with Gasteiger partial charge in [0.15, 0.2) is 11.3 Å². The molecule has 6 heterocycles. The van der Waals surface area contributed by atoms with Gasteiger partial charge < -0.3 is 25.5 Å². The third kappa shape index (κ3) is 9.55. The fourth-order valence-corrected chi connectivity index (χ4v) is 7.83. The minimum Gasteiger partial charge on any atom is -0.394 e. The summed E-state index contributed by atoms with van der Waals surface area (Å²) >= 11 is 0. The largest absolute Gasteiger partial charge is 0.394 e. The summed E-state index contributed by atoms with van der Waals surface area (Å²) in [6.45, 7) is 9.21. The van der Waals surface area contributed by atoms with E-state index in [0.29, 0.717) is 52.9 Å². The fraction of sp³-hybridized carbons (Fsp3) is 0.348. The highest BCUT2D eigenvalue weighted by atomic mass is 16.3. The number of carbonyl (C=O) groups is 2. The van der Waals surface area contributed by atoms with E-state index in [0.717, 1.165) is 53.5 Å². The van der Waals surface area contributed by atoms with Crippen LogP contribution in [0, 0.1) is 13.8 Å². The van der Waals surface area contributed by atoms with Crippen LogP contribution in [0.1, 0.15) is 88.7 Å². The van der Waals surface area contributed by atoms with Crippen molar-refractivity contribution in [2.45, 2.75) is 84.5 Å². The fourth-order valence-electron chi connectivity index (χ4n) is 7.83. The molecule has 2 unspecified atom stereocenters. The monoisotopic (exact) mass is 764 g/mol. The van der Waals surface area contributed by atoms with Crippen LogP contribution in [0.4, 0.5) is 11.4 Å². The third-order valence-corrected chi connectivity index (χ3v) is 11.1. The highest BCUT2D eigenvalue weighted by Gasteiger charge is 2.22. The van der Waals surface area contributed by atoms with Crippen LogP contribution in [0.15, 0.2) is 97.3 Å². The zero-order valence-electron chi connectivity index (χ0n) is 33.1. The number of aliphatic hydroxyl groups excluding tert-OH is 1. The molecule has 0 saturated carbocycles. The predicted octanol–water partition coefficient (Wildman–Crippen LogP) is 7.47. The van der Waals surface area contributed by atoms with Gasteiger partial charge in [-0.2, -0.15) is 0 Å². The quantitative estimate of drug-likeness (QED) is 0.137. The Morgan fingerprint density at radius 1 is 0.667 bits per heavy atom. The van der Waals surface area contributed by atoms with Gasteiger partial charge in [-0.15, -0.1) is 0 Å². The maximum atomic E-state index is 12.7. The van der Waals surface area contributed by atoms with Crippen molar-refractivity contribution in [3.8, 4) is 0 Å². The smallest absolute Gasteiger partial charge is 0.253 e. The van der Waals surface area contributed by atoms with Crippen molar-refractivity contribution in [2.24, 2.45) is 0 Å². The molecule has 2 atom stereocenters. The van der Waals surface area contributed by atoms with Gasteiger partial charge in [-0.05, 0) is 131 Å². The average molecular weight is 765 g/mol. The number of pyridine rings is 4. The number of carbonyl (C=O) groups excluding carboxylic acids is 2. The molecule has 2 aliphatic heterocycles. The zero-order chi connectivity index (χ0) is 39.7. The number of rotatable bonds is 9. The highest BCUT2D eigenvalue weighted by molar-refractivity contribution is 5.99. The Kier molecular flexibility index (Phi) is 12.6. The van der Waals surface area contributed by atoms with E-state index in [1.807, 2.05) is 62.4 Å². The summed E-state index contributed by atoms with van der Waals surface area (Å²) < 4.78 is 0. The van der Waals surface area contributed by atoms with E-state index < -0.39 is 0 Å². The molecule has 294 valence electrons. The number of hydrogen-bond acceptors (Lipinski definition) is 9. The summed E-state index contributed by atoms with van der Waals surface area (Å²) in [6, 6.07) is 28.8. The molecule has 11 heteroatoms. The number of nitrogens with one attached hydrogen (secondary N) is 2. The minimum absolute atomic E-state index is 0.107. The third-order valence-electron chi connectivity index (χ3n) is 11.1. The van der Waals surface area contributed by atoms with Crippen LogP contribution in [0.25, 0.3) is 22.1 Å². The van der Waals surface area contributed by atoms with Crippen LogP contribution < -0.4 is 20.4 Å². The molecule has 57 heavy (non-hydrogen) atoms. The molecule has 11 nitrogen and oxygen atoms in total. The molecule has 6 aromatic rings. The van der Waals surface area contributed by atoms with Gasteiger partial charge in [-0.1, -0.05) is 24.3 Å². The predicted molar refractivity (Wildman–Crippen MR) is 227 cm³/mol. The van der Waals surface area contributed by atoms with E-state index in [1.165, 1.54) is 31.4 Å². The van der Waals surface area contributed by atoms with Gasteiger partial charge in [0.2, 0.25) is 0 Å². The molecule has 2 saturated heterocycles. The lowest BCUT2D eigenvalue weighted by Gasteiger charge is -2.36. The van der Waals surface area contributed by atoms with E-state index in [1.54, 1.807) is 12.4 Å². The molecule has 2 aliphatic rings. The molecule has 2 amide bonds. The van der Waals surface area contributed by atoms with Crippen LogP contribution in [-0.4, -0.2) is 68.6 Å².